The standard InChI is InChI=1S/C28H23NO4/c30-26(19-21-11-4-1-5-12-21)29-33-25-18-10-17-24(23-15-8-3-9-16-23)27(25)28(31)32-20-22-13-6-2-7-14-22/h1-18H,19-20H2,(H,29,30). The maximum absolute atomic E-state index is 13.2. The number of esters is 1. The van der Waals surface area contributed by atoms with E-state index in [-0.39, 0.29) is 30.2 Å². The molecule has 0 aliphatic heterocycles. The molecule has 0 aliphatic carbocycles. The van der Waals surface area contributed by atoms with Gasteiger partial charge in [-0.15, -0.1) is 0 Å². The molecule has 33 heavy (non-hydrogen) atoms. The predicted molar refractivity (Wildman–Crippen MR) is 126 cm³/mol. The van der Waals surface area contributed by atoms with E-state index in [9.17, 15) is 9.59 Å². The number of carbonyl (C=O) groups excluding carboxylic acids is 2. The van der Waals surface area contributed by atoms with Gasteiger partial charge in [-0.1, -0.05) is 103 Å². The van der Waals surface area contributed by atoms with Crippen molar-refractivity contribution >= 4 is 11.9 Å². The lowest BCUT2D eigenvalue weighted by atomic mass is 9.99. The van der Waals surface area contributed by atoms with Crippen LogP contribution in [-0.4, -0.2) is 11.9 Å². The van der Waals surface area contributed by atoms with E-state index in [1.54, 1.807) is 12.1 Å². The first-order valence-corrected chi connectivity index (χ1v) is 10.6. The van der Waals surface area contributed by atoms with Gasteiger partial charge >= 0.3 is 5.97 Å². The van der Waals surface area contributed by atoms with Gasteiger partial charge in [-0.25, -0.2) is 4.79 Å². The molecule has 5 nitrogen and oxygen atoms in total. The van der Waals surface area contributed by atoms with E-state index in [1.807, 2.05) is 97.1 Å². The van der Waals surface area contributed by atoms with Gasteiger partial charge in [-0.3, -0.25) is 4.79 Å². The second-order valence-electron chi connectivity index (χ2n) is 7.40. The maximum atomic E-state index is 13.2. The zero-order chi connectivity index (χ0) is 22.9. The minimum Gasteiger partial charge on any atom is -0.457 e. The fourth-order valence-electron chi connectivity index (χ4n) is 3.41. The Labute approximate surface area is 192 Å². The number of hydrogen-bond donors (Lipinski definition) is 1. The summed E-state index contributed by atoms with van der Waals surface area (Å²) in [6.07, 6.45) is 0.160. The van der Waals surface area contributed by atoms with Crippen LogP contribution in [0.25, 0.3) is 11.1 Å². The largest absolute Gasteiger partial charge is 0.457 e. The highest BCUT2D eigenvalue weighted by atomic mass is 16.7. The molecular weight excluding hydrogens is 414 g/mol. The molecular formula is C28H23NO4. The Balaban J connectivity index is 1.56. The zero-order valence-corrected chi connectivity index (χ0v) is 17.9. The van der Waals surface area contributed by atoms with Crippen LogP contribution in [0.5, 0.6) is 5.75 Å². The summed E-state index contributed by atoms with van der Waals surface area (Å²) in [5.74, 6) is -0.642. The molecule has 0 aliphatic rings. The highest BCUT2D eigenvalue weighted by Crippen LogP contribution is 2.31. The van der Waals surface area contributed by atoms with Crippen molar-refractivity contribution < 1.29 is 19.2 Å². The Kier molecular flexibility index (Phi) is 7.13. The van der Waals surface area contributed by atoms with Gasteiger partial charge < -0.3 is 9.57 Å². The summed E-state index contributed by atoms with van der Waals surface area (Å²) in [5, 5.41) is 0. The molecule has 0 bridgehead atoms. The number of carbonyl (C=O) groups is 2. The molecule has 0 fully saturated rings. The van der Waals surface area contributed by atoms with E-state index < -0.39 is 5.97 Å². The smallest absolute Gasteiger partial charge is 0.343 e. The minimum absolute atomic E-state index is 0.128. The molecule has 0 radical (unpaired) electrons. The highest BCUT2D eigenvalue weighted by Gasteiger charge is 2.21. The molecule has 0 heterocycles. The second-order valence-corrected chi connectivity index (χ2v) is 7.40. The summed E-state index contributed by atoms with van der Waals surface area (Å²) in [7, 11) is 0. The maximum Gasteiger partial charge on any atom is 0.343 e. The van der Waals surface area contributed by atoms with Crippen LogP contribution >= 0.6 is 0 Å². The molecule has 1 N–H and O–H groups in total. The van der Waals surface area contributed by atoms with Gasteiger partial charge in [0.05, 0.1) is 6.42 Å². The van der Waals surface area contributed by atoms with Crippen molar-refractivity contribution in [1.29, 1.82) is 0 Å². The first-order valence-electron chi connectivity index (χ1n) is 10.6. The molecule has 0 spiro atoms. The molecule has 0 aromatic heterocycles. The molecule has 4 aromatic carbocycles. The van der Waals surface area contributed by atoms with Gasteiger partial charge in [-0.2, -0.15) is 5.48 Å². The molecule has 4 rings (SSSR count). The third-order valence-electron chi connectivity index (χ3n) is 5.01. The van der Waals surface area contributed by atoms with Gasteiger partial charge in [0.15, 0.2) is 5.75 Å². The van der Waals surface area contributed by atoms with E-state index in [2.05, 4.69) is 5.48 Å². The summed E-state index contributed by atoms with van der Waals surface area (Å²) in [6.45, 7) is 0.128. The molecule has 4 aromatic rings. The number of nitrogens with one attached hydrogen (secondary N) is 1. The Morgan fingerprint density at radius 2 is 1.27 bits per heavy atom. The van der Waals surface area contributed by atoms with Crippen LogP contribution in [-0.2, 0) is 22.6 Å². The summed E-state index contributed by atoms with van der Waals surface area (Å²) in [4.78, 5) is 31.1. The first kappa shape index (κ1) is 21.8. The van der Waals surface area contributed by atoms with Crippen LogP contribution in [0.2, 0.25) is 0 Å². The van der Waals surface area contributed by atoms with Gasteiger partial charge in [0.2, 0.25) is 0 Å². The van der Waals surface area contributed by atoms with E-state index in [0.717, 1.165) is 16.7 Å². The predicted octanol–water partition coefficient (Wildman–Crippen LogP) is 5.36. The van der Waals surface area contributed by atoms with Crippen molar-refractivity contribution in [1.82, 2.24) is 5.48 Å². The number of amides is 1. The first-order chi connectivity index (χ1) is 16.2. The number of hydrogen-bond acceptors (Lipinski definition) is 4. The van der Waals surface area contributed by atoms with Gasteiger partial charge in [0.1, 0.15) is 12.2 Å². The lowest BCUT2D eigenvalue weighted by Gasteiger charge is -2.15. The molecule has 0 unspecified atom stereocenters. The fourth-order valence-corrected chi connectivity index (χ4v) is 3.41. The average Bonchev–Trinajstić information content (AvgIpc) is 2.87. The third kappa shape index (κ3) is 5.86. The lowest BCUT2D eigenvalue weighted by Crippen LogP contribution is -2.29. The Morgan fingerprint density at radius 1 is 0.667 bits per heavy atom. The summed E-state index contributed by atoms with van der Waals surface area (Å²) in [5.41, 5.74) is 5.93. The minimum atomic E-state index is -0.536. The highest BCUT2D eigenvalue weighted by molar-refractivity contribution is 6.00. The molecule has 5 heteroatoms. The van der Waals surface area contributed by atoms with Crippen LogP contribution in [0.3, 0.4) is 0 Å². The van der Waals surface area contributed by atoms with Crippen molar-refractivity contribution in [3.8, 4) is 16.9 Å². The zero-order valence-electron chi connectivity index (χ0n) is 17.9. The third-order valence-corrected chi connectivity index (χ3v) is 5.01. The van der Waals surface area contributed by atoms with Crippen molar-refractivity contribution in [2.45, 2.75) is 13.0 Å². The monoisotopic (exact) mass is 437 g/mol. The van der Waals surface area contributed by atoms with Crippen LogP contribution in [0.1, 0.15) is 21.5 Å². The van der Waals surface area contributed by atoms with Crippen LogP contribution in [0, 0.1) is 0 Å². The van der Waals surface area contributed by atoms with E-state index in [4.69, 9.17) is 9.57 Å². The molecule has 0 saturated heterocycles. The summed E-state index contributed by atoms with van der Waals surface area (Å²) in [6, 6.07) is 33.5. The van der Waals surface area contributed by atoms with Crippen molar-refractivity contribution in [2.24, 2.45) is 0 Å². The quantitative estimate of drug-likeness (QED) is 0.298. The van der Waals surface area contributed by atoms with Gasteiger partial charge in [0, 0.05) is 5.56 Å². The van der Waals surface area contributed by atoms with Crippen molar-refractivity contribution in [3.63, 3.8) is 0 Å². The van der Waals surface area contributed by atoms with Crippen molar-refractivity contribution in [2.75, 3.05) is 0 Å². The Morgan fingerprint density at radius 3 is 1.94 bits per heavy atom. The fraction of sp³-hybridized carbons (Fsp3) is 0.0714. The lowest BCUT2D eigenvalue weighted by molar-refractivity contribution is -0.127. The van der Waals surface area contributed by atoms with Gasteiger partial charge in [-0.05, 0) is 22.8 Å². The number of hydroxylamine groups is 1. The SMILES string of the molecule is O=C(Cc1ccccc1)NOc1cccc(-c2ccccc2)c1C(=O)OCc1ccccc1. The number of ether oxygens (including phenoxy) is 1. The van der Waals surface area contributed by atoms with Gasteiger partial charge in [0.25, 0.3) is 5.91 Å². The number of benzene rings is 4. The average molecular weight is 437 g/mol. The molecule has 1 amide bonds. The molecule has 0 atom stereocenters. The normalized spacial score (nSPS) is 10.3. The Hall–Kier alpha value is -4.38. The van der Waals surface area contributed by atoms with E-state index in [0.29, 0.717) is 5.56 Å². The summed E-state index contributed by atoms with van der Waals surface area (Å²) >= 11 is 0. The van der Waals surface area contributed by atoms with Crippen LogP contribution in [0.15, 0.2) is 109 Å². The van der Waals surface area contributed by atoms with E-state index in [1.165, 1.54) is 0 Å². The van der Waals surface area contributed by atoms with Crippen molar-refractivity contribution in [3.05, 3.63) is 126 Å². The second kappa shape index (κ2) is 10.8. The topological polar surface area (TPSA) is 64.6 Å². The Bertz CT molecular complexity index is 1210. The van der Waals surface area contributed by atoms with Crippen LogP contribution in [0.4, 0.5) is 0 Å². The molecule has 0 saturated carbocycles. The summed E-state index contributed by atoms with van der Waals surface area (Å²) < 4.78 is 5.59. The van der Waals surface area contributed by atoms with Crippen LogP contribution < -0.4 is 10.3 Å². The number of rotatable bonds is 8. The molecule has 164 valence electrons. The van der Waals surface area contributed by atoms with E-state index >= 15 is 0 Å².